The molecular weight excluding hydrogens is 464 g/mol. The van der Waals surface area contributed by atoms with Crippen molar-refractivity contribution >= 4 is 39.3 Å². The van der Waals surface area contributed by atoms with Crippen LogP contribution in [0.3, 0.4) is 0 Å². The number of rotatable bonds is 4. The molecule has 2 heterocycles. The van der Waals surface area contributed by atoms with Gasteiger partial charge in [-0.25, -0.2) is 4.79 Å². The Bertz CT molecular complexity index is 1750. The Hall–Kier alpha value is -4.55. The fraction of sp³-hybridized carbons (Fsp3) is 0.129. The summed E-state index contributed by atoms with van der Waals surface area (Å²) in [5.41, 5.74) is 3.93. The molecule has 1 N–H and O–H groups in total. The second-order valence-corrected chi connectivity index (χ2v) is 9.62. The molecule has 0 radical (unpaired) electrons. The minimum absolute atomic E-state index is 0.0333. The first-order valence-corrected chi connectivity index (χ1v) is 12.1. The Labute approximate surface area is 213 Å². The zero-order valence-corrected chi connectivity index (χ0v) is 20.4. The highest BCUT2D eigenvalue weighted by atomic mass is 16.7. The molecule has 0 spiro atoms. The van der Waals surface area contributed by atoms with E-state index in [-0.39, 0.29) is 18.0 Å². The summed E-state index contributed by atoms with van der Waals surface area (Å²) in [6.07, 6.45) is 0. The van der Waals surface area contributed by atoms with E-state index in [4.69, 9.17) is 4.84 Å². The van der Waals surface area contributed by atoms with Crippen LogP contribution >= 0.6 is 0 Å². The SMILES string of the molecule is Cc1ccccc1C(=O)c1ccc2c(c1)c1cccc3c1n2CC(C)(O)/C3=N\OC(=O)c1ccccc1. The normalized spacial score (nSPS) is 17.9. The maximum Gasteiger partial charge on any atom is 0.365 e. The van der Waals surface area contributed by atoms with Crippen molar-refractivity contribution in [2.45, 2.75) is 26.0 Å². The molecule has 0 fully saturated rings. The summed E-state index contributed by atoms with van der Waals surface area (Å²) in [5.74, 6) is -0.629. The Morgan fingerprint density at radius 1 is 0.892 bits per heavy atom. The number of oxime groups is 1. The summed E-state index contributed by atoms with van der Waals surface area (Å²) in [5, 5.41) is 17.4. The number of hydrogen-bond donors (Lipinski definition) is 1. The van der Waals surface area contributed by atoms with E-state index in [1.165, 1.54) is 0 Å². The highest BCUT2D eigenvalue weighted by Gasteiger charge is 2.38. The summed E-state index contributed by atoms with van der Waals surface area (Å²) in [7, 11) is 0. The van der Waals surface area contributed by atoms with Crippen LogP contribution in [0.4, 0.5) is 0 Å². The van der Waals surface area contributed by atoms with Gasteiger partial charge in [0.25, 0.3) is 0 Å². The second-order valence-electron chi connectivity index (χ2n) is 9.62. The van der Waals surface area contributed by atoms with Gasteiger partial charge in [0.15, 0.2) is 5.78 Å². The van der Waals surface area contributed by atoms with Crippen LogP contribution in [0.5, 0.6) is 0 Å². The van der Waals surface area contributed by atoms with Crippen molar-refractivity contribution in [1.29, 1.82) is 0 Å². The van der Waals surface area contributed by atoms with Crippen LogP contribution in [0.15, 0.2) is 96.2 Å². The number of para-hydroxylation sites is 1. The second kappa shape index (κ2) is 8.54. The first kappa shape index (κ1) is 22.9. The molecule has 1 aliphatic rings. The summed E-state index contributed by atoms with van der Waals surface area (Å²) in [4.78, 5) is 31.1. The molecular formula is C31H24N2O4. The van der Waals surface area contributed by atoms with E-state index in [0.717, 1.165) is 27.4 Å². The molecule has 6 rings (SSSR count). The Morgan fingerprint density at radius 2 is 1.65 bits per heavy atom. The zero-order valence-electron chi connectivity index (χ0n) is 20.4. The van der Waals surface area contributed by atoms with E-state index in [2.05, 4.69) is 5.16 Å². The minimum atomic E-state index is -1.39. The van der Waals surface area contributed by atoms with Crippen LogP contribution < -0.4 is 0 Å². The van der Waals surface area contributed by atoms with E-state index in [0.29, 0.717) is 22.3 Å². The molecule has 1 aromatic heterocycles. The third kappa shape index (κ3) is 3.74. The van der Waals surface area contributed by atoms with E-state index >= 15 is 0 Å². The van der Waals surface area contributed by atoms with Gasteiger partial charge in [0, 0.05) is 33.0 Å². The molecule has 6 heteroatoms. The number of aryl methyl sites for hydroxylation is 1. The number of aliphatic hydroxyl groups is 1. The minimum Gasteiger partial charge on any atom is -0.382 e. The molecule has 1 atom stereocenters. The van der Waals surface area contributed by atoms with Gasteiger partial charge in [-0.1, -0.05) is 65.8 Å². The largest absolute Gasteiger partial charge is 0.382 e. The van der Waals surface area contributed by atoms with Crippen LogP contribution in [0.1, 0.15) is 44.3 Å². The number of ketones is 1. The molecule has 5 aromatic rings. The van der Waals surface area contributed by atoms with Gasteiger partial charge in [0.05, 0.1) is 17.6 Å². The average Bonchev–Trinajstić information content (AvgIpc) is 3.21. The van der Waals surface area contributed by atoms with Crippen molar-refractivity contribution in [2.75, 3.05) is 0 Å². The first-order valence-electron chi connectivity index (χ1n) is 12.1. The molecule has 6 nitrogen and oxygen atoms in total. The molecule has 1 unspecified atom stereocenters. The van der Waals surface area contributed by atoms with Gasteiger partial charge in [-0.3, -0.25) is 4.79 Å². The quantitative estimate of drug-likeness (QED) is 0.201. The van der Waals surface area contributed by atoms with Crippen LogP contribution in [0, 0.1) is 6.92 Å². The lowest BCUT2D eigenvalue weighted by molar-refractivity contribution is 0.0493. The molecule has 0 saturated carbocycles. The fourth-order valence-corrected chi connectivity index (χ4v) is 5.17. The number of carbonyl (C=O) groups excluding carboxylic acids is 2. The van der Waals surface area contributed by atoms with E-state index in [1.54, 1.807) is 31.2 Å². The van der Waals surface area contributed by atoms with Crippen LogP contribution in [0.2, 0.25) is 0 Å². The highest BCUT2D eigenvalue weighted by Crippen LogP contribution is 2.38. The van der Waals surface area contributed by atoms with Crippen molar-refractivity contribution in [1.82, 2.24) is 4.57 Å². The van der Waals surface area contributed by atoms with Gasteiger partial charge >= 0.3 is 5.97 Å². The molecule has 182 valence electrons. The lowest BCUT2D eigenvalue weighted by Crippen LogP contribution is -2.43. The van der Waals surface area contributed by atoms with E-state index in [1.807, 2.05) is 78.2 Å². The third-order valence-electron chi connectivity index (χ3n) is 7.00. The fourth-order valence-electron chi connectivity index (χ4n) is 5.17. The lowest BCUT2D eigenvalue weighted by Gasteiger charge is -2.31. The van der Waals surface area contributed by atoms with E-state index in [9.17, 15) is 14.7 Å². The summed E-state index contributed by atoms with van der Waals surface area (Å²) < 4.78 is 2.04. The Morgan fingerprint density at radius 3 is 2.43 bits per heavy atom. The number of hydrogen-bond acceptors (Lipinski definition) is 5. The predicted molar refractivity (Wildman–Crippen MR) is 143 cm³/mol. The van der Waals surface area contributed by atoms with Crippen LogP contribution in [-0.4, -0.2) is 32.7 Å². The average molecular weight is 489 g/mol. The van der Waals surface area contributed by atoms with Gasteiger partial charge in [-0.2, -0.15) is 0 Å². The highest BCUT2D eigenvalue weighted by molar-refractivity contribution is 6.22. The summed E-state index contributed by atoms with van der Waals surface area (Å²) in [6, 6.07) is 27.6. The summed E-state index contributed by atoms with van der Waals surface area (Å²) >= 11 is 0. The Kier molecular flexibility index (Phi) is 5.28. The predicted octanol–water partition coefficient (Wildman–Crippen LogP) is 5.66. The van der Waals surface area contributed by atoms with Crippen molar-refractivity contribution < 1.29 is 19.5 Å². The van der Waals surface area contributed by atoms with Gasteiger partial charge in [-0.05, 0) is 49.7 Å². The maximum atomic E-state index is 13.3. The van der Waals surface area contributed by atoms with Crippen LogP contribution in [0.25, 0.3) is 21.8 Å². The van der Waals surface area contributed by atoms with Crippen molar-refractivity contribution in [3.63, 3.8) is 0 Å². The zero-order chi connectivity index (χ0) is 25.7. The van der Waals surface area contributed by atoms with Crippen molar-refractivity contribution in [3.8, 4) is 0 Å². The van der Waals surface area contributed by atoms with Crippen molar-refractivity contribution in [2.24, 2.45) is 5.16 Å². The molecule has 37 heavy (non-hydrogen) atoms. The molecule has 4 aromatic carbocycles. The molecule has 0 aliphatic carbocycles. The van der Waals surface area contributed by atoms with Gasteiger partial charge < -0.3 is 14.5 Å². The maximum absolute atomic E-state index is 13.3. The number of nitrogens with zero attached hydrogens (tertiary/aromatic N) is 2. The number of aromatic nitrogens is 1. The van der Waals surface area contributed by atoms with Gasteiger partial charge in [-0.15, -0.1) is 0 Å². The molecule has 0 amide bonds. The first-order chi connectivity index (χ1) is 17.8. The van der Waals surface area contributed by atoms with E-state index < -0.39 is 11.6 Å². The van der Waals surface area contributed by atoms with Gasteiger partial charge in [0.1, 0.15) is 11.3 Å². The number of carbonyl (C=O) groups is 2. The number of benzene rings is 4. The van der Waals surface area contributed by atoms with Crippen LogP contribution in [-0.2, 0) is 11.4 Å². The third-order valence-corrected chi connectivity index (χ3v) is 7.00. The summed E-state index contributed by atoms with van der Waals surface area (Å²) in [6.45, 7) is 3.81. The number of fused-ring (bicyclic) bond motifs is 3. The standard InChI is InChI=1S/C31H24N2O4/c1-19-9-6-7-12-22(19)28(34)21-15-16-26-25(17-21)23-13-8-14-24-27(23)33(26)18-31(2,36)29(24)32-37-30(35)20-10-4-3-5-11-20/h3-17,36H,18H2,1-2H3/b32-29-. The molecule has 1 aliphatic heterocycles. The molecule has 0 saturated heterocycles. The monoisotopic (exact) mass is 488 g/mol. The van der Waals surface area contributed by atoms with Gasteiger partial charge in [0.2, 0.25) is 0 Å². The molecule has 0 bridgehead atoms. The lowest BCUT2D eigenvalue weighted by atomic mass is 9.89. The topological polar surface area (TPSA) is 80.9 Å². The Balaban J connectivity index is 1.47. The smallest absolute Gasteiger partial charge is 0.365 e. The van der Waals surface area contributed by atoms with Crippen molar-refractivity contribution in [3.05, 3.63) is 119 Å².